The molecule has 0 heterocycles. The largest absolute Gasteiger partial charge is 0.350 e. The van der Waals surface area contributed by atoms with Gasteiger partial charge in [-0.2, -0.15) is 5.06 Å². The van der Waals surface area contributed by atoms with Crippen molar-refractivity contribution in [3.05, 3.63) is 0 Å². The van der Waals surface area contributed by atoms with Gasteiger partial charge in [-0.15, -0.1) is 0 Å². The highest BCUT2D eigenvalue weighted by molar-refractivity contribution is 5.71. The van der Waals surface area contributed by atoms with Crippen LogP contribution in [0.5, 0.6) is 0 Å². The third-order valence-electron chi connectivity index (χ3n) is 2.63. The molecule has 78 valence electrons. The number of nitrogens with two attached hydrogens (primary N) is 2. The second-order valence-electron chi connectivity index (χ2n) is 3.98. The summed E-state index contributed by atoms with van der Waals surface area (Å²) >= 11 is 0. The first-order valence-electron chi connectivity index (χ1n) is 3.93. The fraction of sp³-hybridized carbons (Fsp3) is 0.857. The molecule has 6 N–H and O–H groups in total. The number of hydrazine groups is 1. The zero-order chi connectivity index (χ0) is 10.9. The second-order valence-corrected chi connectivity index (χ2v) is 3.98. The minimum Gasteiger partial charge on any atom is -0.350 e. The van der Waals surface area contributed by atoms with E-state index in [1.54, 1.807) is 27.7 Å². The van der Waals surface area contributed by atoms with E-state index in [1.807, 2.05) is 0 Å². The minimum atomic E-state index is -0.909. The Morgan fingerprint density at radius 3 is 2.00 bits per heavy atom. The highest BCUT2D eigenvalue weighted by atomic mass is 16.5. The van der Waals surface area contributed by atoms with Crippen LogP contribution in [0.2, 0.25) is 0 Å². The van der Waals surface area contributed by atoms with Crippen molar-refractivity contribution in [3.63, 3.8) is 0 Å². The van der Waals surface area contributed by atoms with Crippen LogP contribution in [0.1, 0.15) is 27.7 Å². The number of amides is 2. The molecule has 0 aliphatic rings. The van der Waals surface area contributed by atoms with Crippen molar-refractivity contribution in [1.29, 1.82) is 0 Å². The van der Waals surface area contributed by atoms with Crippen LogP contribution in [0, 0.1) is 0 Å². The normalized spacial score (nSPS) is 12.8. The number of carbonyl (C=O) groups excluding carboxylic acids is 1. The maximum atomic E-state index is 10.7. The van der Waals surface area contributed by atoms with E-state index in [4.69, 9.17) is 11.6 Å². The van der Waals surface area contributed by atoms with Crippen LogP contribution in [-0.4, -0.2) is 27.4 Å². The SMILES string of the molecule is CC(C)(NN)C(C)(C)N(O)C(N)=O. The summed E-state index contributed by atoms with van der Waals surface area (Å²) in [5.74, 6) is 5.29. The van der Waals surface area contributed by atoms with Crippen molar-refractivity contribution in [3.8, 4) is 0 Å². The number of primary amides is 1. The van der Waals surface area contributed by atoms with E-state index < -0.39 is 17.1 Å². The van der Waals surface area contributed by atoms with Crippen molar-refractivity contribution >= 4 is 6.03 Å². The van der Waals surface area contributed by atoms with Gasteiger partial charge in [-0.05, 0) is 27.7 Å². The second kappa shape index (κ2) is 3.49. The van der Waals surface area contributed by atoms with E-state index in [2.05, 4.69) is 5.43 Å². The maximum Gasteiger partial charge on any atom is 0.339 e. The molecule has 0 aliphatic carbocycles. The molecule has 0 aromatic carbocycles. The topological polar surface area (TPSA) is 105 Å². The van der Waals surface area contributed by atoms with Gasteiger partial charge in [-0.25, -0.2) is 4.79 Å². The quantitative estimate of drug-likeness (QED) is 0.280. The number of hydrogen-bond donors (Lipinski definition) is 4. The number of urea groups is 1. The first-order chi connectivity index (χ1) is 5.66. The van der Waals surface area contributed by atoms with Crippen LogP contribution in [-0.2, 0) is 0 Å². The van der Waals surface area contributed by atoms with Crippen molar-refractivity contribution in [1.82, 2.24) is 10.5 Å². The average molecular weight is 190 g/mol. The Kier molecular flexibility index (Phi) is 3.26. The number of hydrogen-bond acceptors (Lipinski definition) is 4. The van der Waals surface area contributed by atoms with Crippen LogP contribution in [0.25, 0.3) is 0 Å². The smallest absolute Gasteiger partial charge is 0.339 e. The lowest BCUT2D eigenvalue weighted by Crippen LogP contribution is -2.67. The van der Waals surface area contributed by atoms with Gasteiger partial charge >= 0.3 is 6.03 Å². The lowest BCUT2D eigenvalue weighted by molar-refractivity contribution is -0.138. The van der Waals surface area contributed by atoms with E-state index in [0.717, 1.165) is 0 Å². The van der Waals surface area contributed by atoms with Crippen LogP contribution in [0.15, 0.2) is 0 Å². The van der Waals surface area contributed by atoms with Gasteiger partial charge in [0.15, 0.2) is 0 Å². The molecule has 0 aromatic rings. The summed E-state index contributed by atoms with van der Waals surface area (Å²) < 4.78 is 0. The highest BCUT2D eigenvalue weighted by Gasteiger charge is 2.42. The average Bonchev–Trinajstić information content (AvgIpc) is 2.02. The predicted octanol–water partition coefficient (Wildman–Crippen LogP) is -0.223. The molecule has 0 saturated carbocycles. The Hall–Kier alpha value is -0.850. The molecule has 0 atom stereocenters. The summed E-state index contributed by atoms with van der Waals surface area (Å²) in [6.07, 6.45) is 0. The molecule has 0 rings (SSSR count). The van der Waals surface area contributed by atoms with E-state index in [-0.39, 0.29) is 0 Å². The van der Waals surface area contributed by atoms with Crippen molar-refractivity contribution < 1.29 is 10.0 Å². The molecular weight excluding hydrogens is 172 g/mol. The number of hydroxylamine groups is 2. The molecule has 0 aliphatic heterocycles. The van der Waals surface area contributed by atoms with E-state index in [0.29, 0.717) is 5.06 Å². The van der Waals surface area contributed by atoms with Gasteiger partial charge < -0.3 is 5.73 Å². The summed E-state index contributed by atoms with van der Waals surface area (Å²) in [5.41, 5.74) is 5.90. The minimum absolute atomic E-state index is 0.465. The summed E-state index contributed by atoms with van der Waals surface area (Å²) in [6, 6.07) is -0.909. The number of nitrogens with zero attached hydrogens (tertiary/aromatic N) is 1. The van der Waals surface area contributed by atoms with Crippen molar-refractivity contribution in [2.45, 2.75) is 38.8 Å². The zero-order valence-electron chi connectivity index (χ0n) is 8.46. The lowest BCUT2D eigenvalue weighted by Gasteiger charge is -2.44. The van der Waals surface area contributed by atoms with Crippen LogP contribution in [0.4, 0.5) is 4.79 Å². The summed E-state index contributed by atoms with van der Waals surface area (Å²) in [6.45, 7) is 6.80. The number of nitrogens with one attached hydrogen (secondary N) is 1. The maximum absolute atomic E-state index is 10.7. The Bertz CT molecular complexity index is 203. The molecule has 6 heteroatoms. The third-order valence-corrected chi connectivity index (χ3v) is 2.63. The Morgan fingerprint density at radius 1 is 1.38 bits per heavy atom. The monoisotopic (exact) mass is 190 g/mol. The highest BCUT2D eigenvalue weighted by Crippen LogP contribution is 2.25. The standard InChI is InChI=1S/C7H18N4O2/c1-6(2,10-9)7(3,4)11(13)5(8)12/h10,13H,9H2,1-4H3,(H2,8,12). The van der Waals surface area contributed by atoms with Gasteiger partial charge in [-0.1, -0.05) is 0 Å². The van der Waals surface area contributed by atoms with Gasteiger partial charge in [0.05, 0.1) is 11.1 Å². The Labute approximate surface area is 77.8 Å². The fourth-order valence-electron chi connectivity index (χ4n) is 0.717. The van der Waals surface area contributed by atoms with Crippen LogP contribution < -0.4 is 17.0 Å². The van der Waals surface area contributed by atoms with E-state index in [1.165, 1.54) is 0 Å². The first-order valence-corrected chi connectivity index (χ1v) is 3.93. The summed E-state index contributed by atoms with van der Waals surface area (Å²) in [7, 11) is 0. The molecule has 0 fully saturated rings. The third kappa shape index (κ3) is 2.09. The zero-order valence-corrected chi connectivity index (χ0v) is 8.46. The molecule has 6 nitrogen and oxygen atoms in total. The van der Waals surface area contributed by atoms with E-state index >= 15 is 0 Å². The molecule has 0 spiro atoms. The molecule has 2 amide bonds. The summed E-state index contributed by atoms with van der Waals surface area (Å²) in [5, 5.41) is 9.85. The van der Waals surface area contributed by atoms with Gasteiger partial charge in [0.2, 0.25) is 0 Å². The molecule has 0 bridgehead atoms. The molecule has 0 unspecified atom stereocenters. The van der Waals surface area contributed by atoms with Crippen LogP contribution in [0.3, 0.4) is 0 Å². The fourth-order valence-corrected chi connectivity index (χ4v) is 0.717. The van der Waals surface area contributed by atoms with Crippen LogP contribution >= 0.6 is 0 Å². The first kappa shape index (κ1) is 12.2. The summed E-state index contributed by atoms with van der Waals surface area (Å²) in [4.78, 5) is 10.7. The molecule has 0 aromatic heterocycles. The van der Waals surface area contributed by atoms with Crippen molar-refractivity contribution in [2.75, 3.05) is 0 Å². The lowest BCUT2D eigenvalue weighted by atomic mass is 9.83. The number of rotatable bonds is 3. The Morgan fingerprint density at radius 2 is 1.77 bits per heavy atom. The van der Waals surface area contributed by atoms with Crippen molar-refractivity contribution in [2.24, 2.45) is 11.6 Å². The Balaban J connectivity index is 4.84. The molecule has 0 saturated heterocycles. The van der Waals surface area contributed by atoms with E-state index in [9.17, 15) is 10.0 Å². The van der Waals surface area contributed by atoms with Gasteiger partial charge in [0.1, 0.15) is 0 Å². The van der Waals surface area contributed by atoms with Gasteiger partial charge in [0.25, 0.3) is 0 Å². The molecule has 0 radical (unpaired) electrons. The predicted molar refractivity (Wildman–Crippen MR) is 48.7 cm³/mol. The number of carbonyl (C=O) groups is 1. The van der Waals surface area contributed by atoms with Gasteiger partial charge in [0, 0.05) is 0 Å². The van der Waals surface area contributed by atoms with Gasteiger partial charge in [-0.3, -0.25) is 16.5 Å². The molecular formula is C7H18N4O2. The molecule has 13 heavy (non-hydrogen) atoms.